The molecule has 1 unspecified atom stereocenters. The van der Waals surface area contributed by atoms with Crippen molar-refractivity contribution in [2.45, 2.75) is 12.5 Å². The number of ether oxygens (including phenoxy) is 1. The quantitative estimate of drug-likeness (QED) is 0.604. The molecule has 0 spiro atoms. The molecular weight excluding hydrogens is 192 g/mol. The van der Waals surface area contributed by atoms with Gasteiger partial charge in [0.25, 0.3) is 0 Å². The van der Waals surface area contributed by atoms with Crippen LogP contribution >= 0.6 is 0 Å². The van der Waals surface area contributed by atoms with Gasteiger partial charge >= 0.3 is 5.97 Å². The van der Waals surface area contributed by atoms with E-state index in [2.05, 4.69) is 4.74 Å². The number of carbonyl (C=O) groups is 1. The van der Waals surface area contributed by atoms with Gasteiger partial charge in [0.2, 0.25) is 0 Å². The highest BCUT2D eigenvalue weighted by atomic mass is 16.5. The van der Waals surface area contributed by atoms with Crippen LogP contribution in [0.5, 0.6) is 0 Å². The van der Waals surface area contributed by atoms with Crippen LogP contribution in [0.15, 0.2) is 42.5 Å². The first-order valence-electron chi connectivity index (χ1n) is 4.71. The molecule has 0 aliphatic rings. The van der Waals surface area contributed by atoms with Crippen LogP contribution in [-0.2, 0) is 9.53 Å². The fraction of sp³-hybridized carbons (Fsp3) is 0.250. The second-order valence-electron chi connectivity index (χ2n) is 3.09. The van der Waals surface area contributed by atoms with E-state index in [1.807, 2.05) is 30.3 Å². The third-order valence-electron chi connectivity index (χ3n) is 2.00. The van der Waals surface area contributed by atoms with Gasteiger partial charge in [0.05, 0.1) is 13.2 Å². The molecule has 0 bridgehead atoms. The van der Waals surface area contributed by atoms with Crippen molar-refractivity contribution in [1.82, 2.24) is 0 Å². The third-order valence-corrected chi connectivity index (χ3v) is 2.00. The Kier molecular flexibility index (Phi) is 4.57. The van der Waals surface area contributed by atoms with Crippen LogP contribution in [0.2, 0.25) is 0 Å². The van der Waals surface area contributed by atoms with E-state index in [1.165, 1.54) is 13.2 Å². The van der Waals surface area contributed by atoms with Crippen LogP contribution in [0.4, 0.5) is 0 Å². The van der Waals surface area contributed by atoms with E-state index in [9.17, 15) is 9.90 Å². The maximum absolute atomic E-state index is 10.7. The van der Waals surface area contributed by atoms with E-state index < -0.39 is 12.1 Å². The Labute approximate surface area is 89.0 Å². The maximum atomic E-state index is 10.7. The summed E-state index contributed by atoms with van der Waals surface area (Å²) in [6, 6.07) is 9.30. The Hall–Kier alpha value is -1.61. The number of benzene rings is 1. The first-order valence-corrected chi connectivity index (χ1v) is 4.71. The minimum atomic E-state index is -0.577. The number of hydrogen-bond acceptors (Lipinski definition) is 3. The summed E-state index contributed by atoms with van der Waals surface area (Å²) in [5.41, 5.74) is 0.840. The van der Waals surface area contributed by atoms with Crippen LogP contribution in [0.25, 0.3) is 0 Å². The predicted molar refractivity (Wildman–Crippen MR) is 57.2 cm³/mol. The van der Waals surface area contributed by atoms with Gasteiger partial charge in [-0.1, -0.05) is 36.4 Å². The van der Waals surface area contributed by atoms with Gasteiger partial charge in [-0.15, -0.1) is 0 Å². The molecule has 0 heterocycles. The van der Waals surface area contributed by atoms with Crippen LogP contribution in [0.3, 0.4) is 0 Å². The van der Waals surface area contributed by atoms with Crippen LogP contribution in [-0.4, -0.2) is 18.2 Å². The van der Waals surface area contributed by atoms with Crippen molar-refractivity contribution in [3.05, 3.63) is 48.0 Å². The first kappa shape index (κ1) is 11.5. The zero-order chi connectivity index (χ0) is 11.1. The van der Waals surface area contributed by atoms with Crippen molar-refractivity contribution in [1.29, 1.82) is 0 Å². The minimum absolute atomic E-state index is 0.402. The largest absolute Gasteiger partial charge is 0.466 e. The Balaban J connectivity index is 2.47. The summed E-state index contributed by atoms with van der Waals surface area (Å²) in [5, 5.41) is 9.70. The van der Waals surface area contributed by atoms with E-state index in [-0.39, 0.29) is 0 Å². The van der Waals surface area contributed by atoms with E-state index in [0.29, 0.717) is 6.42 Å². The summed E-state index contributed by atoms with van der Waals surface area (Å²) in [5.74, 6) is -0.407. The summed E-state index contributed by atoms with van der Waals surface area (Å²) in [4.78, 5) is 10.7. The molecule has 1 atom stereocenters. The van der Waals surface area contributed by atoms with Gasteiger partial charge in [0, 0.05) is 6.08 Å². The molecule has 0 radical (unpaired) electrons. The first-order chi connectivity index (χ1) is 7.24. The molecule has 1 N–H and O–H groups in total. The van der Waals surface area contributed by atoms with Crippen LogP contribution in [0, 0.1) is 0 Å². The van der Waals surface area contributed by atoms with Gasteiger partial charge in [-0.3, -0.25) is 0 Å². The Morgan fingerprint density at radius 2 is 2.13 bits per heavy atom. The zero-order valence-corrected chi connectivity index (χ0v) is 8.59. The van der Waals surface area contributed by atoms with E-state index in [0.717, 1.165) is 5.56 Å². The lowest BCUT2D eigenvalue weighted by atomic mass is 10.1. The van der Waals surface area contributed by atoms with Crippen LogP contribution < -0.4 is 0 Å². The normalized spacial score (nSPS) is 12.7. The van der Waals surface area contributed by atoms with E-state index in [1.54, 1.807) is 6.08 Å². The highest BCUT2D eigenvalue weighted by Crippen LogP contribution is 2.15. The second-order valence-corrected chi connectivity index (χ2v) is 3.09. The number of esters is 1. The fourth-order valence-corrected chi connectivity index (χ4v) is 1.17. The molecule has 1 aromatic rings. The average molecular weight is 206 g/mol. The van der Waals surface area contributed by atoms with Gasteiger partial charge in [0.1, 0.15) is 0 Å². The smallest absolute Gasteiger partial charge is 0.330 e. The molecule has 0 amide bonds. The fourth-order valence-electron chi connectivity index (χ4n) is 1.17. The highest BCUT2D eigenvalue weighted by molar-refractivity contribution is 5.81. The van der Waals surface area contributed by atoms with Crippen molar-refractivity contribution in [2.75, 3.05) is 7.11 Å². The van der Waals surface area contributed by atoms with Gasteiger partial charge in [0.15, 0.2) is 0 Å². The maximum Gasteiger partial charge on any atom is 0.330 e. The summed E-state index contributed by atoms with van der Waals surface area (Å²) < 4.78 is 4.43. The Morgan fingerprint density at radius 1 is 1.47 bits per heavy atom. The Morgan fingerprint density at radius 3 is 2.73 bits per heavy atom. The Bertz CT molecular complexity index is 330. The molecule has 1 rings (SSSR count). The highest BCUT2D eigenvalue weighted by Gasteiger charge is 2.03. The summed E-state index contributed by atoms with van der Waals surface area (Å²) in [6.07, 6.45) is 2.74. The lowest BCUT2D eigenvalue weighted by Gasteiger charge is -2.07. The SMILES string of the molecule is COC(=O)C=CCC(O)c1ccccc1. The second kappa shape index (κ2) is 5.98. The average Bonchev–Trinajstić information content (AvgIpc) is 2.29. The molecule has 0 aliphatic carbocycles. The van der Waals surface area contributed by atoms with Crippen LogP contribution in [0.1, 0.15) is 18.1 Å². The molecule has 80 valence electrons. The minimum Gasteiger partial charge on any atom is -0.466 e. The van der Waals surface area contributed by atoms with E-state index in [4.69, 9.17) is 0 Å². The standard InChI is InChI=1S/C12H14O3/c1-15-12(14)9-5-8-11(13)10-6-3-2-4-7-10/h2-7,9,11,13H,8H2,1H3. The van der Waals surface area contributed by atoms with E-state index >= 15 is 0 Å². The molecule has 3 nitrogen and oxygen atoms in total. The summed E-state index contributed by atoms with van der Waals surface area (Å²) in [7, 11) is 1.32. The molecular formula is C12H14O3. The van der Waals surface area contributed by atoms with Gasteiger partial charge in [-0.25, -0.2) is 4.79 Å². The molecule has 15 heavy (non-hydrogen) atoms. The monoisotopic (exact) mass is 206 g/mol. The van der Waals surface area contributed by atoms with Gasteiger partial charge in [-0.2, -0.15) is 0 Å². The predicted octanol–water partition coefficient (Wildman–Crippen LogP) is 1.84. The number of aliphatic hydroxyl groups excluding tert-OH is 1. The van der Waals surface area contributed by atoms with Gasteiger partial charge in [-0.05, 0) is 12.0 Å². The topological polar surface area (TPSA) is 46.5 Å². The molecule has 3 heteroatoms. The zero-order valence-electron chi connectivity index (χ0n) is 8.59. The van der Waals surface area contributed by atoms with Crippen molar-refractivity contribution >= 4 is 5.97 Å². The third kappa shape index (κ3) is 3.95. The van der Waals surface area contributed by atoms with Crippen molar-refractivity contribution in [3.63, 3.8) is 0 Å². The molecule has 0 saturated heterocycles. The molecule has 1 aromatic carbocycles. The number of carbonyl (C=O) groups excluding carboxylic acids is 1. The van der Waals surface area contributed by atoms with Crippen molar-refractivity contribution in [3.8, 4) is 0 Å². The summed E-state index contributed by atoms with van der Waals surface area (Å²) in [6.45, 7) is 0. The van der Waals surface area contributed by atoms with Gasteiger partial charge < -0.3 is 9.84 Å². The lowest BCUT2D eigenvalue weighted by Crippen LogP contribution is -1.97. The molecule has 0 saturated carbocycles. The molecule has 0 aromatic heterocycles. The number of rotatable bonds is 4. The lowest BCUT2D eigenvalue weighted by molar-refractivity contribution is -0.134. The molecule has 0 aliphatic heterocycles. The number of hydrogen-bond donors (Lipinski definition) is 1. The number of methoxy groups -OCH3 is 1. The number of aliphatic hydroxyl groups is 1. The van der Waals surface area contributed by atoms with Crippen molar-refractivity contribution < 1.29 is 14.6 Å². The summed E-state index contributed by atoms with van der Waals surface area (Å²) >= 11 is 0. The van der Waals surface area contributed by atoms with Crippen molar-refractivity contribution in [2.24, 2.45) is 0 Å². The molecule has 0 fully saturated rings.